The molecular formula is C22H29N3O3S. The van der Waals surface area contributed by atoms with E-state index in [0.29, 0.717) is 29.4 Å². The largest absolute Gasteiger partial charge is 0.310 e. The second-order valence-corrected chi connectivity index (χ2v) is 10.6. The fourth-order valence-electron chi connectivity index (χ4n) is 4.52. The number of aryl methyl sites for hydroxylation is 1. The van der Waals surface area contributed by atoms with Crippen molar-refractivity contribution in [1.82, 2.24) is 9.78 Å². The fourth-order valence-corrected chi connectivity index (χ4v) is 6.01. The van der Waals surface area contributed by atoms with E-state index in [1.165, 1.54) is 32.1 Å². The molecule has 156 valence electrons. The number of nitrogens with zero attached hydrogens (tertiary/aromatic N) is 2. The maximum absolute atomic E-state index is 12.7. The Morgan fingerprint density at radius 3 is 2.69 bits per heavy atom. The van der Waals surface area contributed by atoms with Crippen LogP contribution >= 0.6 is 0 Å². The van der Waals surface area contributed by atoms with Crippen molar-refractivity contribution in [3.05, 3.63) is 40.6 Å². The smallest absolute Gasteiger partial charge is 0.225 e. The van der Waals surface area contributed by atoms with Crippen molar-refractivity contribution in [3.63, 3.8) is 0 Å². The molecule has 6 nitrogen and oxygen atoms in total. The van der Waals surface area contributed by atoms with Gasteiger partial charge in [0, 0.05) is 12.0 Å². The zero-order chi connectivity index (χ0) is 20.6. The van der Waals surface area contributed by atoms with Crippen LogP contribution in [0, 0.1) is 19.8 Å². The number of carbonyl (C=O) groups is 1. The van der Waals surface area contributed by atoms with Crippen molar-refractivity contribution in [1.29, 1.82) is 0 Å². The third kappa shape index (κ3) is 4.25. The van der Waals surface area contributed by atoms with Crippen LogP contribution in [0.1, 0.15) is 67.3 Å². The van der Waals surface area contributed by atoms with Crippen LogP contribution in [-0.4, -0.2) is 24.1 Å². The molecular weight excluding hydrogens is 386 g/mol. The number of fused-ring (bicyclic) bond motifs is 1. The van der Waals surface area contributed by atoms with Gasteiger partial charge in [-0.3, -0.25) is 4.79 Å². The maximum Gasteiger partial charge on any atom is 0.225 e. The molecule has 1 saturated carbocycles. The van der Waals surface area contributed by atoms with E-state index >= 15 is 0 Å². The molecule has 1 amide bonds. The SMILES string of the molecule is Cc1cccc(-n2nc3c(c2NC(=O)CCC2CCCCC2)CS(=O)(=O)C3)c1C. The Hall–Kier alpha value is -2.15. The van der Waals surface area contributed by atoms with E-state index < -0.39 is 9.84 Å². The average Bonchev–Trinajstić information content (AvgIpc) is 3.15. The number of rotatable bonds is 5. The van der Waals surface area contributed by atoms with Crippen LogP contribution in [0.4, 0.5) is 5.82 Å². The minimum absolute atomic E-state index is 0.0610. The van der Waals surface area contributed by atoms with Gasteiger partial charge in [0.2, 0.25) is 5.91 Å². The first-order valence-corrected chi connectivity index (χ1v) is 12.3. The molecule has 2 heterocycles. The summed E-state index contributed by atoms with van der Waals surface area (Å²) in [5, 5.41) is 7.59. The Balaban J connectivity index is 1.61. The molecule has 4 rings (SSSR count). The van der Waals surface area contributed by atoms with Crippen molar-refractivity contribution in [2.45, 2.75) is 70.3 Å². The van der Waals surface area contributed by atoms with Gasteiger partial charge < -0.3 is 5.32 Å². The lowest BCUT2D eigenvalue weighted by Gasteiger charge is -2.21. The fraction of sp³-hybridized carbons (Fsp3) is 0.545. The number of amides is 1. The topological polar surface area (TPSA) is 81.1 Å². The monoisotopic (exact) mass is 415 g/mol. The quantitative estimate of drug-likeness (QED) is 0.793. The number of hydrogen-bond donors (Lipinski definition) is 1. The summed E-state index contributed by atoms with van der Waals surface area (Å²) >= 11 is 0. The van der Waals surface area contributed by atoms with Gasteiger partial charge in [-0.2, -0.15) is 5.10 Å². The Morgan fingerprint density at radius 2 is 1.93 bits per heavy atom. The van der Waals surface area contributed by atoms with Gasteiger partial charge in [0.1, 0.15) is 5.82 Å². The van der Waals surface area contributed by atoms with Gasteiger partial charge in [0.15, 0.2) is 9.84 Å². The zero-order valence-electron chi connectivity index (χ0n) is 17.2. The highest BCUT2D eigenvalue weighted by atomic mass is 32.2. The van der Waals surface area contributed by atoms with E-state index in [-0.39, 0.29) is 17.4 Å². The van der Waals surface area contributed by atoms with Gasteiger partial charge in [-0.05, 0) is 43.4 Å². The molecule has 29 heavy (non-hydrogen) atoms. The molecule has 2 aromatic rings. The zero-order valence-corrected chi connectivity index (χ0v) is 18.0. The Morgan fingerprint density at radius 1 is 1.17 bits per heavy atom. The first-order valence-electron chi connectivity index (χ1n) is 10.5. The number of benzene rings is 1. The van der Waals surface area contributed by atoms with E-state index in [4.69, 9.17) is 0 Å². The molecule has 0 spiro atoms. The van der Waals surface area contributed by atoms with E-state index in [2.05, 4.69) is 10.4 Å². The summed E-state index contributed by atoms with van der Waals surface area (Å²) in [5.41, 5.74) is 4.25. The Labute approximate surface area is 172 Å². The number of nitrogens with one attached hydrogen (secondary N) is 1. The van der Waals surface area contributed by atoms with Gasteiger partial charge >= 0.3 is 0 Å². The molecule has 0 bridgehead atoms. The summed E-state index contributed by atoms with van der Waals surface area (Å²) in [5.74, 6) is 0.957. The maximum atomic E-state index is 12.7. The van der Waals surface area contributed by atoms with E-state index in [9.17, 15) is 13.2 Å². The molecule has 1 aliphatic carbocycles. The second kappa shape index (κ2) is 7.94. The highest BCUT2D eigenvalue weighted by Gasteiger charge is 2.33. The highest BCUT2D eigenvalue weighted by molar-refractivity contribution is 7.90. The highest BCUT2D eigenvalue weighted by Crippen LogP contribution is 2.34. The summed E-state index contributed by atoms with van der Waals surface area (Å²) < 4.78 is 26.0. The van der Waals surface area contributed by atoms with Crippen molar-refractivity contribution in [2.24, 2.45) is 5.92 Å². The van der Waals surface area contributed by atoms with Crippen LogP contribution in [0.15, 0.2) is 18.2 Å². The average molecular weight is 416 g/mol. The predicted octanol–water partition coefficient (Wildman–Crippen LogP) is 4.22. The predicted molar refractivity (Wildman–Crippen MR) is 114 cm³/mol. The minimum atomic E-state index is -3.19. The molecule has 1 N–H and O–H groups in total. The van der Waals surface area contributed by atoms with Crippen molar-refractivity contribution < 1.29 is 13.2 Å². The van der Waals surface area contributed by atoms with E-state index in [1.54, 1.807) is 4.68 Å². The lowest BCUT2D eigenvalue weighted by molar-refractivity contribution is -0.116. The first-order chi connectivity index (χ1) is 13.8. The van der Waals surface area contributed by atoms with Crippen molar-refractivity contribution >= 4 is 21.6 Å². The summed E-state index contributed by atoms with van der Waals surface area (Å²) in [6.45, 7) is 4.05. The Bertz CT molecular complexity index is 1030. The number of hydrogen-bond acceptors (Lipinski definition) is 4. The molecule has 1 aromatic heterocycles. The van der Waals surface area contributed by atoms with Gasteiger partial charge in [-0.25, -0.2) is 13.1 Å². The minimum Gasteiger partial charge on any atom is -0.310 e. The molecule has 1 aliphatic heterocycles. The number of carbonyl (C=O) groups excluding carboxylic acids is 1. The van der Waals surface area contributed by atoms with Crippen molar-refractivity contribution in [3.8, 4) is 5.69 Å². The third-order valence-corrected chi connectivity index (χ3v) is 7.80. The van der Waals surface area contributed by atoms with Crippen LogP contribution in [0.2, 0.25) is 0 Å². The van der Waals surface area contributed by atoms with Crippen molar-refractivity contribution in [2.75, 3.05) is 5.32 Å². The van der Waals surface area contributed by atoms with Gasteiger partial charge in [-0.15, -0.1) is 0 Å². The standard InChI is InChI=1S/C22H29N3O3S/c1-15-7-6-10-20(16(15)2)25-22(18-13-29(27,28)14-19(18)24-25)23-21(26)12-11-17-8-4-3-5-9-17/h6-7,10,17H,3-5,8-9,11-14H2,1-2H3,(H,23,26). The summed E-state index contributed by atoms with van der Waals surface area (Å²) in [6.07, 6.45) is 7.60. The first kappa shape index (κ1) is 20.1. The summed E-state index contributed by atoms with van der Waals surface area (Å²) in [7, 11) is -3.19. The molecule has 0 radical (unpaired) electrons. The number of aromatic nitrogens is 2. The summed E-state index contributed by atoms with van der Waals surface area (Å²) in [6, 6.07) is 5.94. The van der Waals surface area contributed by atoms with Crippen LogP contribution in [0.5, 0.6) is 0 Å². The molecule has 1 fully saturated rings. The molecule has 7 heteroatoms. The van der Waals surface area contributed by atoms with Crippen LogP contribution in [0.25, 0.3) is 5.69 Å². The van der Waals surface area contributed by atoms with Crippen LogP contribution < -0.4 is 5.32 Å². The molecule has 2 aliphatic rings. The molecule has 0 atom stereocenters. The van der Waals surface area contributed by atoms with E-state index in [1.807, 2.05) is 32.0 Å². The number of sulfone groups is 1. The molecule has 0 unspecified atom stereocenters. The third-order valence-electron chi connectivity index (χ3n) is 6.35. The second-order valence-electron chi connectivity index (χ2n) is 8.53. The van der Waals surface area contributed by atoms with Crippen LogP contribution in [0.3, 0.4) is 0 Å². The van der Waals surface area contributed by atoms with E-state index in [0.717, 1.165) is 23.2 Å². The normalized spacial score (nSPS) is 18.6. The van der Waals surface area contributed by atoms with Crippen LogP contribution in [-0.2, 0) is 26.1 Å². The number of anilines is 1. The molecule has 1 aromatic carbocycles. The summed E-state index contributed by atoms with van der Waals surface area (Å²) in [4.78, 5) is 12.7. The Kier molecular flexibility index (Phi) is 5.51. The lowest BCUT2D eigenvalue weighted by atomic mass is 9.86. The van der Waals surface area contributed by atoms with Gasteiger partial charge in [0.05, 0.1) is 22.9 Å². The van der Waals surface area contributed by atoms with Gasteiger partial charge in [-0.1, -0.05) is 44.2 Å². The van der Waals surface area contributed by atoms with Gasteiger partial charge in [0.25, 0.3) is 0 Å². The lowest BCUT2D eigenvalue weighted by Crippen LogP contribution is -2.18. The molecule has 0 saturated heterocycles.